The van der Waals surface area contributed by atoms with Gasteiger partial charge in [0.25, 0.3) is 0 Å². The summed E-state index contributed by atoms with van der Waals surface area (Å²) in [7, 11) is 0. The van der Waals surface area contributed by atoms with Crippen LogP contribution < -0.4 is 0 Å². The number of aliphatic hydroxyl groups excluding tert-OH is 1. The van der Waals surface area contributed by atoms with Crippen LogP contribution in [-0.2, 0) is 25.5 Å². The van der Waals surface area contributed by atoms with Crippen molar-refractivity contribution in [3.05, 3.63) is 71.8 Å². The number of esters is 2. The summed E-state index contributed by atoms with van der Waals surface area (Å²) in [5, 5.41) is 10.7. The van der Waals surface area contributed by atoms with Crippen molar-refractivity contribution in [2.45, 2.75) is 32.8 Å². The summed E-state index contributed by atoms with van der Waals surface area (Å²) in [4.78, 5) is 25.4. The number of carbonyl (C=O) groups is 2. The van der Waals surface area contributed by atoms with E-state index in [1.165, 1.54) is 0 Å². The lowest BCUT2D eigenvalue weighted by molar-refractivity contribution is -0.161. The SMILES string of the molecule is CCOC(=O)C(Cc1ccccc1)C(CC(O)c1ccccc1)C(=O)OCC. The molecule has 3 unspecified atom stereocenters. The molecule has 0 aliphatic heterocycles. The van der Waals surface area contributed by atoms with Crippen LogP contribution in [0.15, 0.2) is 60.7 Å². The number of rotatable bonds is 10. The molecule has 28 heavy (non-hydrogen) atoms. The van der Waals surface area contributed by atoms with E-state index in [0.717, 1.165) is 5.56 Å². The summed E-state index contributed by atoms with van der Waals surface area (Å²) in [5.41, 5.74) is 1.61. The van der Waals surface area contributed by atoms with Crippen LogP contribution in [0.5, 0.6) is 0 Å². The topological polar surface area (TPSA) is 72.8 Å². The highest BCUT2D eigenvalue weighted by atomic mass is 16.5. The molecular weight excluding hydrogens is 356 g/mol. The lowest BCUT2D eigenvalue weighted by atomic mass is 9.82. The Balaban J connectivity index is 2.31. The summed E-state index contributed by atoms with van der Waals surface area (Å²) >= 11 is 0. The molecule has 5 nitrogen and oxygen atoms in total. The first-order chi connectivity index (χ1) is 13.6. The smallest absolute Gasteiger partial charge is 0.310 e. The van der Waals surface area contributed by atoms with Gasteiger partial charge in [-0.3, -0.25) is 9.59 Å². The molecule has 0 radical (unpaired) electrons. The van der Waals surface area contributed by atoms with Gasteiger partial charge in [-0.15, -0.1) is 0 Å². The molecule has 0 saturated heterocycles. The second kappa shape index (κ2) is 11.2. The minimum atomic E-state index is -0.886. The molecule has 0 heterocycles. The fourth-order valence-electron chi connectivity index (χ4n) is 3.23. The van der Waals surface area contributed by atoms with Gasteiger partial charge < -0.3 is 14.6 Å². The summed E-state index contributed by atoms with van der Waals surface area (Å²) in [6.07, 6.45) is -0.465. The van der Waals surface area contributed by atoms with Crippen LogP contribution in [0.3, 0.4) is 0 Å². The molecule has 0 aromatic heterocycles. The second-order valence-corrected chi connectivity index (χ2v) is 6.57. The molecule has 0 aliphatic carbocycles. The molecular formula is C23H28O5. The van der Waals surface area contributed by atoms with Crippen molar-refractivity contribution in [3.63, 3.8) is 0 Å². The maximum absolute atomic E-state index is 12.7. The van der Waals surface area contributed by atoms with E-state index in [9.17, 15) is 14.7 Å². The van der Waals surface area contributed by atoms with Crippen LogP contribution in [0.2, 0.25) is 0 Å². The number of benzene rings is 2. The largest absolute Gasteiger partial charge is 0.466 e. The van der Waals surface area contributed by atoms with Gasteiger partial charge in [0.05, 0.1) is 31.2 Å². The number of hydrogen-bond donors (Lipinski definition) is 1. The van der Waals surface area contributed by atoms with Crippen LogP contribution in [0, 0.1) is 11.8 Å². The summed E-state index contributed by atoms with van der Waals surface area (Å²) in [6.45, 7) is 3.88. The number of hydrogen-bond acceptors (Lipinski definition) is 5. The first kappa shape index (κ1) is 21.6. The fraction of sp³-hybridized carbons (Fsp3) is 0.391. The zero-order valence-electron chi connectivity index (χ0n) is 16.4. The highest BCUT2D eigenvalue weighted by Crippen LogP contribution is 2.30. The molecule has 3 atom stereocenters. The van der Waals surface area contributed by atoms with E-state index in [1.807, 2.05) is 48.5 Å². The van der Waals surface area contributed by atoms with Gasteiger partial charge in [-0.2, -0.15) is 0 Å². The standard InChI is InChI=1S/C23H28O5/c1-3-27-22(25)19(15-17-11-7-5-8-12-17)20(23(26)28-4-2)16-21(24)18-13-9-6-10-14-18/h5-14,19-21,24H,3-4,15-16H2,1-2H3. The van der Waals surface area contributed by atoms with E-state index < -0.39 is 29.9 Å². The highest BCUT2D eigenvalue weighted by molar-refractivity contribution is 5.82. The van der Waals surface area contributed by atoms with Crippen LogP contribution in [0.4, 0.5) is 0 Å². The van der Waals surface area contributed by atoms with E-state index in [1.54, 1.807) is 26.0 Å². The van der Waals surface area contributed by atoms with Crippen molar-refractivity contribution in [1.82, 2.24) is 0 Å². The first-order valence-corrected chi connectivity index (χ1v) is 9.67. The van der Waals surface area contributed by atoms with Crippen LogP contribution in [-0.4, -0.2) is 30.3 Å². The van der Waals surface area contributed by atoms with E-state index in [4.69, 9.17) is 9.47 Å². The third-order valence-electron chi connectivity index (χ3n) is 4.62. The maximum Gasteiger partial charge on any atom is 0.310 e. The van der Waals surface area contributed by atoms with Crippen molar-refractivity contribution >= 4 is 11.9 Å². The lowest BCUT2D eigenvalue weighted by Crippen LogP contribution is -2.35. The Morgan fingerprint density at radius 1 is 0.821 bits per heavy atom. The molecule has 0 amide bonds. The van der Waals surface area contributed by atoms with Gasteiger partial charge in [0.15, 0.2) is 0 Å². The van der Waals surface area contributed by atoms with Crippen molar-refractivity contribution in [3.8, 4) is 0 Å². The predicted octanol–water partition coefficient (Wildman–Crippen LogP) is 3.71. The maximum atomic E-state index is 12.7. The molecule has 1 N–H and O–H groups in total. The van der Waals surface area contributed by atoms with Crippen molar-refractivity contribution in [2.24, 2.45) is 11.8 Å². The number of ether oxygens (including phenoxy) is 2. The Labute approximate surface area is 166 Å². The fourth-order valence-corrected chi connectivity index (χ4v) is 3.23. The predicted molar refractivity (Wildman–Crippen MR) is 106 cm³/mol. The van der Waals surface area contributed by atoms with Gasteiger partial charge in [0.2, 0.25) is 0 Å². The molecule has 0 saturated carbocycles. The number of carbonyl (C=O) groups excluding carboxylic acids is 2. The van der Waals surface area contributed by atoms with Gasteiger partial charge in [-0.25, -0.2) is 0 Å². The average Bonchev–Trinajstić information content (AvgIpc) is 2.72. The van der Waals surface area contributed by atoms with E-state index in [2.05, 4.69) is 0 Å². The van der Waals surface area contributed by atoms with Crippen LogP contribution >= 0.6 is 0 Å². The molecule has 0 bridgehead atoms. The average molecular weight is 384 g/mol. The van der Waals surface area contributed by atoms with Gasteiger partial charge in [-0.05, 0) is 37.8 Å². The van der Waals surface area contributed by atoms with Crippen molar-refractivity contribution < 1.29 is 24.2 Å². The molecule has 0 fully saturated rings. The quantitative estimate of drug-likeness (QED) is 0.632. The third-order valence-corrected chi connectivity index (χ3v) is 4.62. The molecule has 2 aromatic carbocycles. The van der Waals surface area contributed by atoms with Gasteiger partial charge in [0.1, 0.15) is 0 Å². The summed E-state index contributed by atoms with van der Waals surface area (Å²) < 4.78 is 10.5. The summed E-state index contributed by atoms with van der Waals surface area (Å²) in [5.74, 6) is -2.50. The lowest BCUT2D eigenvalue weighted by Gasteiger charge is -2.26. The van der Waals surface area contributed by atoms with E-state index in [0.29, 0.717) is 12.0 Å². The zero-order chi connectivity index (χ0) is 20.4. The van der Waals surface area contributed by atoms with Crippen LogP contribution in [0.1, 0.15) is 37.5 Å². The number of aliphatic hydroxyl groups is 1. The zero-order valence-corrected chi connectivity index (χ0v) is 16.4. The Hall–Kier alpha value is -2.66. The van der Waals surface area contributed by atoms with Gasteiger partial charge in [0, 0.05) is 0 Å². The first-order valence-electron chi connectivity index (χ1n) is 9.67. The van der Waals surface area contributed by atoms with Gasteiger partial charge in [-0.1, -0.05) is 60.7 Å². The summed E-state index contributed by atoms with van der Waals surface area (Å²) in [6, 6.07) is 18.6. The Morgan fingerprint density at radius 3 is 1.86 bits per heavy atom. The minimum absolute atomic E-state index is 0.0825. The normalized spacial score (nSPS) is 14.0. The van der Waals surface area contributed by atoms with Crippen molar-refractivity contribution in [2.75, 3.05) is 13.2 Å². The van der Waals surface area contributed by atoms with E-state index >= 15 is 0 Å². The third kappa shape index (κ3) is 6.20. The highest BCUT2D eigenvalue weighted by Gasteiger charge is 2.37. The molecule has 0 aliphatic rings. The Kier molecular flexibility index (Phi) is 8.69. The molecule has 2 rings (SSSR count). The molecule has 0 spiro atoms. The molecule has 2 aromatic rings. The second-order valence-electron chi connectivity index (χ2n) is 6.57. The van der Waals surface area contributed by atoms with E-state index in [-0.39, 0.29) is 19.6 Å². The molecule has 5 heteroatoms. The van der Waals surface area contributed by atoms with Crippen LogP contribution in [0.25, 0.3) is 0 Å². The Morgan fingerprint density at radius 2 is 1.32 bits per heavy atom. The molecule has 150 valence electrons. The Bertz CT molecular complexity index is 729. The minimum Gasteiger partial charge on any atom is -0.466 e. The monoisotopic (exact) mass is 384 g/mol. The van der Waals surface area contributed by atoms with Gasteiger partial charge >= 0.3 is 11.9 Å². The van der Waals surface area contributed by atoms with Crippen molar-refractivity contribution in [1.29, 1.82) is 0 Å².